The zero-order chi connectivity index (χ0) is 19.6. The highest BCUT2D eigenvalue weighted by Crippen LogP contribution is 2.25. The van der Waals surface area contributed by atoms with Gasteiger partial charge in [-0.1, -0.05) is 0 Å². The maximum atomic E-state index is 12.0. The molecule has 2 aromatic heterocycles. The van der Waals surface area contributed by atoms with Crippen molar-refractivity contribution in [2.45, 2.75) is 32.4 Å². The van der Waals surface area contributed by atoms with Crippen molar-refractivity contribution in [3.63, 3.8) is 0 Å². The monoisotopic (exact) mass is 396 g/mol. The highest BCUT2D eigenvalue weighted by Gasteiger charge is 2.24. The second-order valence-corrected chi connectivity index (χ2v) is 8.99. The van der Waals surface area contributed by atoms with Crippen LogP contribution in [0.15, 0.2) is 6.20 Å². The van der Waals surface area contributed by atoms with Crippen LogP contribution >= 0.6 is 0 Å². The molecule has 0 unspecified atom stereocenters. The summed E-state index contributed by atoms with van der Waals surface area (Å²) in [6, 6.07) is 0.293. The van der Waals surface area contributed by atoms with Crippen molar-refractivity contribution in [2.75, 3.05) is 42.7 Å². The molecule has 3 heterocycles. The van der Waals surface area contributed by atoms with Gasteiger partial charge >= 0.3 is 0 Å². The number of hydrogen-bond donors (Lipinski definition) is 3. The molecule has 0 radical (unpaired) electrons. The Kier molecular flexibility index (Phi) is 5.82. The van der Waals surface area contributed by atoms with Crippen molar-refractivity contribution < 1.29 is 8.42 Å². The fourth-order valence-corrected chi connectivity index (χ4v) is 4.44. The Labute approximate surface area is 159 Å². The lowest BCUT2D eigenvalue weighted by atomic mass is 10.3. The van der Waals surface area contributed by atoms with Gasteiger partial charge in [0.2, 0.25) is 16.0 Å². The smallest absolute Gasteiger partial charge is 0.228 e. The van der Waals surface area contributed by atoms with Crippen LogP contribution in [0, 0.1) is 0 Å². The summed E-state index contributed by atoms with van der Waals surface area (Å²) >= 11 is 0. The van der Waals surface area contributed by atoms with Gasteiger partial charge in [0.25, 0.3) is 0 Å². The fraction of sp³-hybridized carbons (Fsp3) is 0.688. The first-order valence-electron chi connectivity index (χ1n) is 9.15. The largest absolute Gasteiger partial charge is 0.367 e. The van der Waals surface area contributed by atoms with Crippen LogP contribution in [0.2, 0.25) is 0 Å². The molecule has 1 aliphatic rings. The van der Waals surface area contributed by atoms with Gasteiger partial charge in [-0.15, -0.1) is 0 Å². The Hall–Kier alpha value is -1.98. The Balaban J connectivity index is 1.80. The molecular formula is C16H28N8O2S. The average Bonchev–Trinajstić information content (AvgIpc) is 3.20. The van der Waals surface area contributed by atoms with E-state index < -0.39 is 10.0 Å². The predicted octanol–water partition coefficient (Wildman–Crippen LogP) is -0.0989. The normalized spacial score (nSPS) is 18.0. The molecule has 0 amide bonds. The van der Waals surface area contributed by atoms with E-state index in [1.807, 2.05) is 14.1 Å². The van der Waals surface area contributed by atoms with Crippen molar-refractivity contribution in [2.24, 2.45) is 7.05 Å². The van der Waals surface area contributed by atoms with Crippen LogP contribution in [0.4, 0.5) is 11.8 Å². The molecule has 1 aliphatic heterocycles. The summed E-state index contributed by atoms with van der Waals surface area (Å²) in [6.45, 7) is 5.57. The number of aromatic nitrogens is 4. The van der Waals surface area contributed by atoms with Crippen molar-refractivity contribution in [3.05, 3.63) is 6.20 Å². The van der Waals surface area contributed by atoms with Crippen molar-refractivity contribution in [1.29, 1.82) is 0 Å². The van der Waals surface area contributed by atoms with Gasteiger partial charge in [0.15, 0.2) is 5.82 Å². The topological polar surface area (TPSA) is 117 Å². The van der Waals surface area contributed by atoms with Crippen LogP contribution in [0.3, 0.4) is 0 Å². The molecule has 0 aromatic carbocycles. The minimum Gasteiger partial charge on any atom is -0.367 e. The third kappa shape index (κ3) is 4.66. The van der Waals surface area contributed by atoms with E-state index in [0.717, 1.165) is 30.5 Å². The number of rotatable bonds is 8. The van der Waals surface area contributed by atoms with Crippen LogP contribution in [-0.4, -0.2) is 72.7 Å². The first kappa shape index (κ1) is 19.8. The second-order valence-electron chi connectivity index (χ2n) is 7.11. The number of anilines is 2. The van der Waals surface area contributed by atoms with E-state index in [9.17, 15) is 8.42 Å². The van der Waals surface area contributed by atoms with Crippen molar-refractivity contribution >= 4 is 32.8 Å². The van der Waals surface area contributed by atoms with E-state index in [-0.39, 0.29) is 18.3 Å². The third-order valence-electron chi connectivity index (χ3n) is 4.53. The summed E-state index contributed by atoms with van der Waals surface area (Å²) in [4.78, 5) is 11.4. The highest BCUT2D eigenvalue weighted by atomic mass is 32.2. The number of aryl methyl sites for hydroxylation is 1. The number of hydrogen-bond acceptors (Lipinski definition) is 8. The van der Waals surface area contributed by atoms with Crippen LogP contribution in [0.25, 0.3) is 11.0 Å². The lowest BCUT2D eigenvalue weighted by molar-refractivity contribution is 0.570. The number of nitrogens with one attached hydrogen (secondary N) is 3. The molecule has 3 N–H and O–H groups in total. The third-order valence-corrected chi connectivity index (χ3v) is 6.11. The molecule has 1 atom stereocenters. The quantitative estimate of drug-likeness (QED) is 0.566. The molecule has 27 heavy (non-hydrogen) atoms. The Morgan fingerprint density at radius 1 is 1.33 bits per heavy atom. The van der Waals surface area contributed by atoms with Crippen LogP contribution < -0.4 is 20.3 Å². The minimum atomic E-state index is -3.33. The summed E-state index contributed by atoms with van der Waals surface area (Å²) in [5, 5.41) is 10.7. The predicted molar refractivity (Wildman–Crippen MR) is 107 cm³/mol. The van der Waals surface area contributed by atoms with Gasteiger partial charge in [-0.3, -0.25) is 4.68 Å². The SMILES string of the molecule is CN[C@@H]1CCN(c2nc(NCCS(=O)(=O)NC(C)C)c3c(cnn3C)n2)C1. The summed E-state index contributed by atoms with van der Waals surface area (Å²) in [6.07, 6.45) is 2.74. The fourth-order valence-electron chi connectivity index (χ4n) is 3.23. The standard InChI is InChI=1S/C16H28N8O2S/c1-11(2)22-27(25,26)8-6-18-15-14-13(9-19-23(14)4)20-16(21-15)24-7-5-12(10-24)17-3/h9,11-12,17,22H,5-8,10H2,1-4H3,(H,18,20,21)/t12-/m1/s1. The van der Waals surface area contributed by atoms with E-state index in [2.05, 4.69) is 35.3 Å². The molecule has 0 saturated carbocycles. The van der Waals surface area contributed by atoms with Crippen LogP contribution in [-0.2, 0) is 17.1 Å². The van der Waals surface area contributed by atoms with Crippen LogP contribution in [0.1, 0.15) is 20.3 Å². The zero-order valence-corrected chi connectivity index (χ0v) is 17.0. The lowest BCUT2D eigenvalue weighted by Gasteiger charge is -2.18. The maximum absolute atomic E-state index is 12.0. The van der Waals surface area contributed by atoms with E-state index >= 15 is 0 Å². The molecule has 11 heteroatoms. The molecule has 0 bridgehead atoms. The van der Waals surface area contributed by atoms with E-state index in [0.29, 0.717) is 17.8 Å². The molecule has 150 valence electrons. The lowest BCUT2D eigenvalue weighted by Crippen LogP contribution is -2.34. The van der Waals surface area contributed by atoms with Gasteiger partial charge in [0.05, 0.1) is 11.9 Å². The summed E-state index contributed by atoms with van der Waals surface area (Å²) in [5.74, 6) is 1.21. The summed E-state index contributed by atoms with van der Waals surface area (Å²) < 4.78 is 28.4. The summed E-state index contributed by atoms with van der Waals surface area (Å²) in [5.41, 5.74) is 1.50. The molecule has 0 spiro atoms. The first-order valence-corrected chi connectivity index (χ1v) is 10.8. The Bertz CT molecular complexity index is 895. The van der Waals surface area contributed by atoms with Crippen molar-refractivity contribution in [3.8, 4) is 0 Å². The second kappa shape index (κ2) is 7.95. The van der Waals surface area contributed by atoms with Gasteiger partial charge in [-0.2, -0.15) is 10.1 Å². The zero-order valence-electron chi connectivity index (χ0n) is 16.2. The number of sulfonamides is 1. The molecule has 0 aliphatic carbocycles. The molecule has 2 aromatic rings. The van der Waals surface area contributed by atoms with E-state index in [4.69, 9.17) is 0 Å². The molecular weight excluding hydrogens is 368 g/mol. The van der Waals surface area contributed by atoms with Gasteiger partial charge in [-0.05, 0) is 27.3 Å². The summed E-state index contributed by atoms with van der Waals surface area (Å²) in [7, 11) is 0.442. The Morgan fingerprint density at radius 2 is 2.11 bits per heavy atom. The highest BCUT2D eigenvalue weighted by molar-refractivity contribution is 7.89. The average molecular weight is 397 g/mol. The van der Waals surface area contributed by atoms with E-state index in [1.54, 1.807) is 24.7 Å². The molecule has 1 fully saturated rings. The van der Waals surface area contributed by atoms with Gasteiger partial charge in [0, 0.05) is 38.8 Å². The molecule has 10 nitrogen and oxygen atoms in total. The van der Waals surface area contributed by atoms with Gasteiger partial charge in [-0.25, -0.2) is 18.1 Å². The number of nitrogens with zero attached hydrogens (tertiary/aromatic N) is 5. The number of fused-ring (bicyclic) bond motifs is 1. The molecule has 3 rings (SSSR count). The van der Waals surface area contributed by atoms with E-state index in [1.165, 1.54) is 0 Å². The first-order chi connectivity index (χ1) is 12.8. The Morgan fingerprint density at radius 3 is 2.78 bits per heavy atom. The minimum absolute atomic E-state index is 0.0323. The van der Waals surface area contributed by atoms with Crippen LogP contribution in [0.5, 0.6) is 0 Å². The van der Waals surface area contributed by atoms with Gasteiger partial charge in [0.1, 0.15) is 11.0 Å². The van der Waals surface area contributed by atoms with Gasteiger partial charge < -0.3 is 15.5 Å². The maximum Gasteiger partial charge on any atom is 0.228 e. The molecule has 1 saturated heterocycles. The number of likely N-dealkylation sites (N-methyl/N-ethyl adjacent to an activating group) is 1. The van der Waals surface area contributed by atoms with Crippen molar-refractivity contribution in [1.82, 2.24) is 29.8 Å².